The van der Waals surface area contributed by atoms with Crippen molar-refractivity contribution < 1.29 is 14.6 Å². The number of aliphatic hydroxyl groups is 1. The standard InChI is InChI=1S/C21H24ClN5O3/c1-30-19-10-9-18-24-23-17(27(18)25-19)3-2-4-20(28)26-13-11-21(29,12-14-26)15-5-7-16(22)8-6-15/h5-10,29H,2-4,11-14H2,1H3. The Morgan fingerprint density at radius 2 is 1.90 bits per heavy atom. The molecule has 4 rings (SSSR count). The monoisotopic (exact) mass is 429 g/mol. The van der Waals surface area contributed by atoms with Crippen molar-refractivity contribution in [2.75, 3.05) is 20.2 Å². The molecule has 1 N–H and O–H groups in total. The third-order valence-corrected chi connectivity index (χ3v) is 5.88. The Balaban J connectivity index is 1.30. The molecule has 158 valence electrons. The fourth-order valence-corrected chi connectivity index (χ4v) is 3.94. The number of aromatic nitrogens is 4. The Morgan fingerprint density at radius 1 is 1.17 bits per heavy atom. The van der Waals surface area contributed by atoms with Crippen molar-refractivity contribution >= 4 is 23.2 Å². The smallest absolute Gasteiger partial charge is 0.231 e. The zero-order chi connectivity index (χ0) is 21.1. The molecule has 1 fully saturated rings. The Kier molecular flexibility index (Phi) is 5.87. The van der Waals surface area contributed by atoms with Gasteiger partial charge in [0.2, 0.25) is 11.8 Å². The van der Waals surface area contributed by atoms with E-state index in [9.17, 15) is 9.90 Å². The first-order valence-electron chi connectivity index (χ1n) is 10.00. The van der Waals surface area contributed by atoms with E-state index in [0.717, 1.165) is 5.56 Å². The summed E-state index contributed by atoms with van der Waals surface area (Å²) in [6, 6.07) is 10.8. The number of amides is 1. The first-order chi connectivity index (χ1) is 14.5. The molecule has 9 heteroatoms. The molecule has 0 atom stereocenters. The molecule has 0 spiro atoms. The van der Waals surface area contributed by atoms with Crippen LogP contribution in [-0.4, -0.2) is 55.9 Å². The van der Waals surface area contributed by atoms with Crippen LogP contribution in [0.1, 0.15) is 37.1 Å². The predicted molar refractivity (Wildman–Crippen MR) is 111 cm³/mol. The van der Waals surface area contributed by atoms with Gasteiger partial charge in [0.05, 0.1) is 12.7 Å². The number of methoxy groups -OCH3 is 1. The fraction of sp³-hybridized carbons (Fsp3) is 0.429. The molecule has 3 heterocycles. The van der Waals surface area contributed by atoms with E-state index in [2.05, 4.69) is 15.3 Å². The fourth-order valence-electron chi connectivity index (χ4n) is 3.81. The maximum Gasteiger partial charge on any atom is 0.231 e. The summed E-state index contributed by atoms with van der Waals surface area (Å²) < 4.78 is 6.80. The van der Waals surface area contributed by atoms with Gasteiger partial charge in [-0.1, -0.05) is 23.7 Å². The van der Waals surface area contributed by atoms with Gasteiger partial charge in [0, 0.05) is 37.0 Å². The second-order valence-electron chi connectivity index (χ2n) is 7.53. The summed E-state index contributed by atoms with van der Waals surface area (Å²) in [5.74, 6) is 1.28. The molecule has 1 amide bonds. The topological polar surface area (TPSA) is 92.9 Å². The molecule has 3 aromatic rings. The highest BCUT2D eigenvalue weighted by Gasteiger charge is 2.35. The molecule has 0 bridgehead atoms. The molecule has 0 radical (unpaired) electrons. The largest absolute Gasteiger partial charge is 0.480 e. The molecule has 1 aromatic carbocycles. The summed E-state index contributed by atoms with van der Waals surface area (Å²) >= 11 is 5.94. The molecule has 8 nitrogen and oxygen atoms in total. The maximum absolute atomic E-state index is 12.6. The number of likely N-dealkylation sites (tertiary alicyclic amines) is 1. The van der Waals surface area contributed by atoms with Crippen LogP contribution in [0.5, 0.6) is 5.88 Å². The molecular formula is C21H24ClN5O3. The highest BCUT2D eigenvalue weighted by molar-refractivity contribution is 6.30. The van der Waals surface area contributed by atoms with Gasteiger partial charge in [0.15, 0.2) is 11.5 Å². The number of rotatable bonds is 6. The minimum absolute atomic E-state index is 0.0903. The first-order valence-corrected chi connectivity index (χ1v) is 10.4. The van der Waals surface area contributed by atoms with Crippen molar-refractivity contribution in [1.82, 2.24) is 24.7 Å². The van der Waals surface area contributed by atoms with Gasteiger partial charge < -0.3 is 14.7 Å². The summed E-state index contributed by atoms with van der Waals surface area (Å²) in [4.78, 5) is 14.5. The molecular weight excluding hydrogens is 406 g/mol. The quantitative estimate of drug-likeness (QED) is 0.647. The van der Waals surface area contributed by atoms with E-state index < -0.39 is 5.60 Å². The number of ether oxygens (including phenoxy) is 1. The van der Waals surface area contributed by atoms with Crippen LogP contribution in [0.2, 0.25) is 5.02 Å². The van der Waals surface area contributed by atoms with Crippen LogP contribution in [0.15, 0.2) is 36.4 Å². The molecule has 2 aromatic heterocycles. The molecule has 1 aliphatic heterocycles. The zero-order valence-electron chi connectivity index (χ0n) is 16.8. The number of fused-ring (bicyclic) bond motifs is 1. The number of carbonyl (C=O) groups is 1. The Bertz CT molecular complexity index is 1030. The van der Waals surface area contributed by atoms with Gasteiger partial charge in [-0.15, -0.1) is 15.3 Å². The number of piperidine rings is 1. The van der Waals surface area contributed by atoms with Gasteiger partial charge in [0.1, 0.15) is 0 Å². The average molecular weight is 430 g/mol. The Morgan fingerprint density at radius 3 is 2.60 bits per heavy atom. The van der Waals surface area contributed by atoms with E-state index in [1.54, 1.807) is 35.9 Å². The maximum atomic E-state index is 12.6. The highest BCUT2D eigenvalue weighted by Crippen LogP contribution is 2.33. The Labute approximate surface area is 179 Å². The summed E-state index contributed by atoms with van der Waals surface area (Å²) in [5.41, 5.74) is 0.585. The molecule has 0 unspecified atom stereocenters. The van der Waals surface area contributed by atoms with Gasteiger partial charge in [0.25, 0.3) is 0 Å². The van der Waals surface area contributed by atoms with Gasteiger partial charge in [-0.05, 0) is 43.0 Å². The van der Waals surface area contributed by atoms with Crippen molar-refractivity contribution in [3.63, 3.8) is 0 Å². The van der Waals surface area contributed by atoms with Crippen molar-refractivity contribution in [3.05, 3.63) is 52.8 Å². The lowest BCUT2D eigenvalue weighted by Gasteiger charge is -2.38. The third-order valence-electron chi connectivity index (χ3n) is 5.63. The molecule has 30 heavy (non-hydrogen) atoms. The zero-order valence-corrected chi connectivity index (χ0v) is 17.5. The van der Waals surface area contributed by atoms with E-state index in [0.29, 0.717) is 67.6 Å². The number of nitrogens with zero attached hydrogens (tertiary/aromatic N) is 5. The summed E-state index contributed by atoms with van der Waals surface area (Å²) in [7, 11) is 1.56. The lowest BCUT2D eigenvalue weighted by atomic mass is 9.84. The summed E-state index contributed by atoms with van der Waals surface area (Å²) in [6.07, 6.45) is 2.68. The van der Waals surface area contributed by atoms with Crippen LogP contribution in [0, 0.1) is 0 Å². The van der Waals surface area contributed by atoms with Crippen molar-refractivity contribution in [2.45, 2.75) is 37.7 Å². The first kappa shape index (κ1) is 20.6. The van der Waals surface area contributed by atoms with E-state index in [1.165, 1.54) is 0 Å². The van der Waals surface area contributed by atoms with E-state index in [4.69, 9.17) is 16.3 Å². The molecule has 1 saturated heterocycles. The minimum Gasteiger partial charge on any atom is -0.480 e. The second kappa shape index (κ2) is 8.57. The predicted octanol–water partition coefficient (Wildman–Crippen LogP) is 2.62. The van der Waals surface area contributed by atoms with Crippen LogP contribution in [0.25, 0.3) is 5.65 Å². The van der Waals surface area contributed by atoms with E-state index in [1.807, 2.05) is 17.0 Å². The van der Waals surface area contributed by atoms with Gasteiger partial charge in [-0.2, -0.15) is 4.52 Å². The molecule has 1 aliphatic rings. The van der Waals surface area contributed by atoms with Crippen LogP contribution in [0.4, 0.5) is 0 Å². The van der Waals surface area contributed by atoms with Crippen molar-refractivity contribution in [2.24, 2.45) is 0 Å². The number of hydrogen-bond acceptors (Lipinski definition) is 6. The molecule has 0 saturated carbocycles. The third kappa shape index (κ3) is 4.24. The van der Waals surface area contributed by atoms with Crippen LogP contribution < -0.4 is 4.74 Å². The molecule has 0 aliphatic carbocycles. The number of carbonyl (C=O) groups excluding carboxylic acids is 1. The van der Waals surface area contributed by atoms with Crippen LogP contribution >= 0.6 is 11.6 Å². The normalized spacial score (nSPS) is 16.0. The number of hydrogen-bond donors (Lipinski definition) is 1. The minimum atomic E-state index is -0.910. The van der Waals surface area contributed by atoms with Crippen LogP contribution in [0.3, 0.4) is 0 Å². The number of aryl methyl sites for hydroxylation is 1. The summed E-state index contributed by atoms with van der Waals surface area (Å²) in [6.45, 7) is 1.06. The van der Waals surface area contributed by atoms with Crippen molar-refractivity contribution in [1.29, 1.82) is 0 Å². The lowest BCUT2D eigenvalue weighted by Crippen LogP contribution is -2.45. The van der Waals surface area contributed by atoms with Gasteiger partial charge in [-0.3, -0.25) is 4.79 Å². The number of halogens is 1. The average Bonchev–Trinajstić information content (AvgIpc) is 3.16. The van der Waals surface area contributed by atoms with Gasteiger partial charge in [-0.25, -0.2) is 0 Å². The lowest BCUT2D eigenvalue weighted by molar-refractivity contribution is -0.135. The van der Waals surface area contributed by atoms with Crippen LogP contribution in [-0.2, 0) is 16.8 Å². The highest BCUT2D eigenvalue weighted by atomic mass is 35.5. The SMILES string of the molecule is COc1ccc2nnc(CCCC(=O)N3CCC(O)(c4ccc(Cl)cc4)CC3)n2n1. The second-order valence-corrected chi connectivity index (χ2v) is 7.97. The van der Waals surface area contributed by atoms with Gasteiger partial charge >= 0.3 is 0 Å². The van der Waals surface area contributed by atoms with E-state index >= 15 is 0 Å². The Hall–Kier alpha value is -2.71. The number of benzene rings is 1. The van der Waals surface area contributed by atoms with E-state index in [-0.39, 0.29) is 5.91 Å². The summed E-state index contributed by atoms with van der Waals surface area (Å²) in [5, 5.41) is 24.2. The van der Waals surface area contributed by atoms with Crippen molar-refractivity contribution in [3.8, 4) is 5.88 Å².